The fourth-order valence-electron chi connectivity index (χ4n) is 9.31. The van der Waals surface area contributed by atoms with Gasteiger partial charge in [0.05, 0.1) is 22.7 Å². The molecule has 0 aliphatic rings. The van der Waals surface area contributed by atoms with Crippen molar-refractivity contribution in [3.8, 4) is 0 Å². The van der Waals surface area contributed by atoms with Gasteiger partial charge in [-0.3, -0.25) is 39.9 Å². The van der Waals surface area contributed by atoms with E-state index in [4.69, 9.17) is 0 Å². The zero-order valence-electron chi connectivity index (χ0n) is 36.3. The van der Waals surface area contributed by atoms with Crippen LogP contribution in [0.3, 0.4) is 0 Å². The van der Waals surface area contributed by atoms with E-state index in [-0.39, 0.29) is 0 Å². The molecule has 12 heteroatoms. The summed E-state index contributed by atoms with van der Waals surface area (Å²) in [6.45, 7) is 0. The van der Waals surface area contributed by atoms with Crippen LogP contribution in [0.1, 0.15) is 0 Å². The predicted octanol–water partition coefficient (Wildman–Crippen LogP) is 13.6. The third-order valence-electron chi connectivity index (χ3n) is 12.1. The average Bonchev–Trinajstić information content (AvgIpc) is 3.42. The molecule has 0 aliphatic heterocycles. The van der Waals surface area contributed by atoms with E-state index in [0.717, 1.165) is 101 Å². The zero-order chi connectivity index (χ0) is 45.2. The minimum absolute atomic E-state index is 0.941. The smallest absolute Gasteiger partial charge is 0.0561 e. The molecule has 0 N–H and O–H groups in total. The van der Waals surface area contributed by atoms with Crippen LogP contribution in [-0.4, -0.2) is 39.9 Å². The van der Waals surface area contributed by atoms with Gasteiger partial charge in [0.2, 0.25) is 0 Å². The number of anilines is 12. The molecule has 12 aromatic rings. The Bertz CT molecular complexity index is 2980. The van der Waals surface area contributed by atoms with Gasteiger partial charge in [-0.15, -0.1) is 0 Å². The van der Waals surface area contributed by atoms with Crippen molar-refractivity contribution in [2.24, 2.45) is 0 Å². The molecule has 4 aromatic carbocycles. The summed E-state index contributed by atoms with van der Waals surface area (Å²) in [4.78, 5) is 44.7. The summed E-state index contributed by atoms with van der Waals surface area (Å²) in [6, 6.07) is 46.3. The lowest BCUT2D eigenvalue weighted by molar-refractivity contribution is 1.21. The number of nitrogens with zero attached hydrogens (tertiary/aromatic N) is 12. The summed E-state index contributed by atoms with van der Waals surface area (Å²) >= 11 is 0. The van der Waals surface area contributed by atoms with Crippen molar-refractivity contribution in [3.05, 3.63) is 233 Å². The molecule has 0 saturated heterocycles. The van der Waals surface area contributed by atoms with Crippen LogP contribution >= 0.6 is 0 Å². The van der Waals surface area contributed by atoms with Crippen molar-refractivity contribution in [3.63, 3.8) is 0 Å². The standard InChI is InChI=1S/C56H38N12/c1-2-48-52(66(41-9-25-59-26-10-41)42-11-27-60-28-12-42)38-54(68(45-17-33-63-34-18-45)46-19-35-64-36-20-46)50-4-3-49-53(67(43-13-29-61-30-14-43)44-15-31-62-32-16-44)37-51(47(1)55(49)56(48)50)65(39-5-21-57-22-6-39)40-7-23-58-24-8-40/h1-38H. The molecule has 12 rings (SSSR count). The minimum atomic E-state index is 0.941. The molecule has 322 valence electrons. The van der Waals surface area contributed by atoms with Crippen LogP contribution in [0.25, 0.3) is 32.3 Å². The largest absolute Gasteiger partial charge is 0.310 e. The van der Waals surface area contributed by atoms with Gasteiger partial charge < -0.3 is 19.6 Å². The first kappa shape index (κ1) is 39.9. The molecule has 0 atom stereocenters. The Hall–Kier alpha value is -9.68. The number of aromatic nitrogens is 8. The molecule has 0 spiro atoms. The van der Waals surface area contributed by atoms with Crippen LogP contribution in [0.4, 0.5) is 68.2 Å². The zero-order valence-corrected chi connectivity index (χ0v) is 36.3. The van der Waals surface area contributed by atoms with Crippen LogP contribution < -0.4 is 19.6 Å². The third kappa shape index (κ3) is 7.05. The van der Waals surface area contributed by atoms with Gasteiger partial charge in [0.1, 0.15) is 0 Å². The lowest BCUT2D eigenvalue weighted by Gasteiger charge is -2.34. The molecule has 12 nitrogen and oxygen atoms in total. The maximum atomic E-state index is 4.44. The molecule has 8 heterocycles. The fourth-order valence-corrected chi connectivity index (χ4v) is 9.31. The minimum Gasteiger partial charge on any atom is -0.310 e. The summed E-state index contributed by atoms with van der Waals surface area (Å²) in [5.74, 6) is 0. The van der Waals surface area contributed by atoms with E-state index in [0.29, 0.717) is 0 Å². The third-order valence-corrected chi connectivity index (χ3v) is 12.1. The molecule has 0 aliphatic carbocycles. The average molecular weight is 879 g/mol. The highest BCUT2D eigenvalue weighted by atomic mass is 15.2. The van der Waals surface area contributed by atoms with Crippen LogP contribution in [0.5, 0.6) is 0 Å². The number of rotatable bonds is 12. The van der Waals surface area contributed by atoms with Crippen LogP contribution in [0.15, 0.2) is 233 Å². The molecule has 0 bridgehead atoms. The maximum Gasteiger partial charge on any atom is 0.0561 e. The fraction of sp³-hybridized carbons (Fsp3) is 0. The summed E-state index contributed by atoms with van der Waals surface area (Å²) in [5, 5.41) is 6.32. The predicted molar refractivity (Wildman–Crippen MR) is 271 cm³/mol. The van der Waals surface area contributed by atoms with Gasteiger partial charge in [0.15, 0.2) is 0 Å². The van der Waals surface area contributed by atoms with Gasteiger partial charge in [0.25, 0.3) is 0 Å². The summed E-state index contributed by atoms with van der Waals surface area (Å²) in [7, 11) is 0. The van der Waals surface area contributed by atoms with Crippen LogP contribution in [-0.2, 0) is 0 Å². The van der Waals surface area contributed by atoms with Gasteiger partial charge in [-0.2, -0.15) is 0 Å². The Morgan fingerprint density at radius 3 is 0.485 bits per heavy atom. The molecule has 0 radical (unpaired) electrons. The van der Waals surface area contributed by atoms with Gasteiger partial charge in [-0.1, -0.05) is 24.3 Å². The number of hydrogen-bond donors (Lipinski definition) is 0. The van der Waals surface area contributed by atoms with Gasteiger partial charge in [0, 0.05) is 177 Å². The van der Waals surface area contributed by atoms with Crippen molar-refractivity contribution in [2.75, 3.05) is 19.6 Å². The SMILES string of the molecule is c1cc(N(c2ccncc2)c2cc(N(c3ccncc3)c3ccncc3)c3ccc4c(N(c5ccncc5)c5ccncc5)cc(N(c5ccncc5)c5ccncc5)c5ccc2c3c54)ccn1. The Morgan fingerprint density at radius 1 is 0.191 bits per heavy atom. The van der Waals surface area contributed by atoms with E-state index in [1.165, 1.54) is 0 Å². The van der Waals surface area contributed by atoms with Crippen molar-refractivity contribution >= 4 is 101 Å². The highest BCUT2D eigenvalue weighted by Crippen LogP contribution is 2.54. The Kier molecular flexibility index (Phi) is 10.2. The number of benzene rings is 4. The second-order valence-corrected chi connectivity index (χ2v) is 15.9. The Morgan fingerprint density at radius 2 is 0.338 bits per heavy atom. The monoisotopic (exact) mass is 878 g/mol. The molecule has 0 fully saturated rings. The first-order chi connectivity index (χ1) is 33.8. The van der Waals surface area contributed by atoms with Gasteiger partial charge in [-0.05, 0) is 109 Å². The first-order valence-corrected chi connectivity index (χ1v) is 22.0. The molecular weight excluding hydrogens is 841 g/mol. The Labute approximate surface area is 391 Å². The van der Waals surface area contributed by atoms with E-state index in [1.54, 1.807) is 0 Å². The van der Waals surface area contributed by atoms with Crippen molar-refractivity contribution < 1.29 is 0 Å². The van der Waals surface area contributed by atoms with Gasteiger partial charge in [-0.25, -0.2) is 0 Å². The maximum absolute atomic E-state index is 4.44. The van der Waals surface area contributed by atoms with E-state index in [9.17, 15) is 0 Å². The first-order valence-electron chi connectivity index (χ1n) is 22.0. The molecule has 0 unspecified atom stereocenters. The normalized spacial score (nSPS) is 11.2. The topological polar surface area (TPSA) is 116 Å². The second kappa shape index (κ2) is 17.4. The summed E-state index contributed by atoms with van der Waals surface area (Å²) in [6.07, 6.45) is 29.3. The Balaban J connectivity index is 1.28. The highest BCUT2D eigenvalue weighted by Gasteiger charge is 2.29. The second-order valence-electron chi connectivity index (χ2n) is 15.9. The molecule has 0 saturated carbocycles. The highest BCUT2D eigenvalue weighted by molar-refractivity contribution is 6.33. The van der Waals surface area contributed by atoms with Crippen molar-refractivity contribution in [1.29, 1.82) is 0 Å². The molecule has 0 amide bonds. The van der Waals surface area contributed by atoms with Crippen molar-refractivity contribution in [1.82, 2.24) is 39.9 Å². The molecule has 68 heavy (non-hydrogen) atoms. The van der Waals surface area contributed by atoms with Gasteiger partial charge >= 0.3 is 0 Å². The summed E-state index contributed by atoms with van der Waals surface area (Å²) < 4.78 is 0. The lowest BCUT2D eigenvalue weighted by atomic mass is 9.89. The van der Waals surface area contributed by atoms with Crippen LogP contribution in [0.2, 0.25) is 0 Å². The van der Waals surface area contributed by atoms with Crippen molar-refractivity contribution in [2.45, 2.75) is 0 Å². The van der Waals surface area contributed by atoms with Crippen LogP contribution in [0, 0.1) is 0 Å². The molecule has 8 aromatic heterocycles. The number of hydrogen-bond acceptors (Lipinski definition) is 12. The van der Waals surface area contributed by atoms with E-state index in [1.807, 2.05) is 196 Å². The van der Waals surface area contributed by atoms with E-state index in [2.05, 4.69) is 95.9 Å². The number of pyridine rings is 8. The summed E-state index contributed by atoms with van der Waals surface area (Å²) in [5.41, 5.74) is 11.4. The quantitative estimate of drug-likeness (QED) is 0.109. The van der Waals surface area contributed by atoms with E-state index < -0.39 is 0 Å². The lowest BCUT2D eigenvalue weighted by Crippen LogP contribution is -2.16. The molecular formula is C56H38N12. The van der Waals surface area contributed by atoms with E-state index >= 15 is 0 Å².